The Balaban J connectivity index is 1.18. The lowest BCUT2D eigenvalue weighted by Crippen LogP contribution is -2.51. The van der Waals surface area contributed by atoms with E-state index >= 15 is 0 Å². The van der Waals surface area contributed by atoms with Crippen LogP contribution in [-0.4, -0.2) is 52.4 Å². The molecular weight excluding hydrogens is 450 g/mol. The zero-order valence-corrected chi connectivity index (χ0v) is 19.8. The van der Waals surface area contributed by atoms with Crippen LogP contribution in [0.4, 0.5) is 4.79 Å². The number of hydrogen-bond acceptors (Lipinski definition) is 6. The molecule has 1 aromatic heterocycles. The van der Waals surface area contributed by atoms with Crippen molar-refractivity contribution >= 4 is 39.4 Å². The van der Waals surface area contributed by atoms with Gasteiger partial charge in [0.2, 0.25) is 0 Å². The predicted molar refractivity (Wildman–Crippen MR) is 130 cm³/mol. The van der Waals surface area contributed by atoms with Crippen LogP contribution in [0, 0.1) is 0 Å². The van der Waals surface area contributed by atoms with Gasteiger partial charge in [-0.2, -0.15) is 5.01 Å². The molecule has 1 atom stereocenters. The van der Waals surface area contributed by atoms with E-state index in [1.807, 2.05) is 55.5 Å². The van der Waals surface area contributed by atoms with E-state index in [0.717, 1.165) is 41.5 Å². The first-order valence-corrected chi connectivity index (χ1v) is 12.4. The number of imide groups is 1. The summed E-state index contributed by atoms with van der Waals surface area (Å²) in [6.07, 6.45) is 2.22. The van der Waals surface area contributed by atoms with Gasteiger partial charge in [-0.15, -0.1) is 11.3 Å². The van der Waals surface area contributed by atoms with Crippen LogP contribution < -0.4 is 10.7 Å². The minimum atomic E-state index is -1.17. The Kier molecular flexibility index (Phi) is 6.05. The molecule has 34 heavy (non-hydrogen) atoms. The first-order valence-electron chi connectivity index (χ1n) is 11.6. The number of hydrogen-bond donors (Lipinski definition) is 2. The smallest absolute Gasteiger partial charge is 0.318 e. The molecule has 9 heteroatoms. The van der Waals surface area contributed by atoms with Gasteiger partial charge in [0.05, 0.1) is 21.8 Å². The van der Waals surface area contributed by atoms with Gasteiger partial charge < -0.3 is 5.32 Å². The number of piperidine rings is 1. The average molecular weight is 478 g/mol. The number of nitrogens with zero attached hydrogens (tertiary/aromatic N) is 3. The Morgan fingerprint density at radius 3 is 2.53 bits per heavy atom. The third-order valence-corrected chi connectivity index (χ3v) is 7.94. The molecule has 2 aliphatic heterocycles. The molecular formula is C25H27N5O3S. The van der Waals surface area contributed by atoms with Crippen molar-refractivity contribution in [2.24, 2.45) is 0 Å². The highest BCUT2D eigenvalue weighted by Crippen LogP contribution is 2.34. The van der Waals surface area contributed by atoms with Crippen molar-refractivity contribution in [2.75, 3.05) is 19.6 Å². The number of carbonyl (C=O) groups is 3. The van der Waals surface area contributed by atoms with Crippen molar-refractivity contribution in [1.29, 1.82) is 0 Å². The van der Waals surface area contributed by atoms with E-state index in [9.17, 15) is 14.4 Å². The van der Waals surface area contributed by atoms with Gasteiger partial charge in [-0.25, -0.2) is 9.78 Å². The van der Waals surface area contributed by atoms with Crippen LogP contribution in [-0.2, 0) is 15.1 Å². The maximum absolute atomic E-state index is 13.2. The molecule has 1 unspecified atom stereocenters. The number of amides is 4. The van der Waals surface area contributed by atoms with Gasteiger partial charge in [-0.1, -0.05) is 49.4 Å². The van der Waals surface area contributed by atoms with Crippen molar-refractivity contribution < 1.29 is 14.4 Å². The summed E-state index contributed by atoms with van der Waals surface area (Å²) in [7, 11) is 0. The lowest BCUT2D eigenvalue weighted by atomic mass is 9.87. The number of aromatic nitrogens is 1. The fourth-order valence-electron chi connectivity index (χ4n) is 4.80. The number of benzene rings is 2. The van der Waals surface area contributed by atoms with Gasteiger partial charge in [0.25, 0.3) is 11.8 Å². The lowest BCUT2D eigenvalue weighted by Gasteiger charge is -2.31. The van der Waals surface area contributed by atoms with E-state index in [-0.39, 0.29) is 12.5 Å². The number of fused-ring (bicyclic) bond motifs is 1. The molecule has 2 N–H and O–H groups in total. The molecule has 2 fully saturated rings. The average Bonchev–Trinajstić information content (AvgIpc) is 3.40. The SMILES string of the molecule is CCC1(c2ccccc2)NC(=O)N(NC(=O)CN2CCC(c3nc4ccccc4s3)CC2)C1=O. The van der Waals surface area contributed by atoms with Gasteiger partial charge in [0.15, 0.2) is 0 Å². The van der Waals surface area contributed by atoms with Gasteiger partial charge in [-0.3, -0.25) is 19.9 Å². The molecule has 0 spiro atoms. The summed E-state index contributed by atoms with van der Waals surface area (Å²) < 4.78 is 1.20. The second-order valence-corrected chi connectivity index (χ2v) is 9.86. The quantitative estimate of drug-likeness (QED) is 0.531. The summed E-state index contributed by atoms with van der Waals surface area (Å²) in [5.74, 6) is -0.449. The number of likely N-dealkylation sites (tertiary alicyclic amines) is 1. The number of carbonyl (C=O) groups excluding carboxylic acids is 3. The van der Waals surface area contributed by atoms with E-state index in [1.165, 1.54) is 4.70 Å². The summed E-state index contributed by atoms with van der Waals surface area (Å²) in [4.78, 5) is 45.3. The number of urea groups is 1. The molecule has 4 amide bonds. The number of rotatable bonds is 6. The fraction of sp³-hybridized carbons (Fsp3) is 0.360. The highest BCUT2D eigenvalue weighted by atomic mass is 32.1. The topological polar surface area (TPSA) is 94.6 Å². The monoisotopic (exact) mass is 477 g/mol. The number of para-hydroxylation sites is 1. The van der Waals surface area contributed by atoms with Crippen molar-refractivity contribution in [2.45, 2.75) is 37.6 Å². The molecule has 0 aliphatic carbocycles. The molecule has 2 aliphatic rings. The van der Waals surface area contributed by atoms with Crippen molar-refractivity contribution in [3.8, 4) is 0 Å². The maximum Gasteiger partial charge on any atom is 0.344 e. The molecule has 5 rings (SSSR count). The summed E-state index contributed by atoms with van der Waals surface area (Å²) in [6.45, 7) is 3.49. The van der Waals surface area contributed by atoms with E-state index in [4.69, 9.17) is 4.98 Å². The third kappa shape index (κ3) is 4.05. The van der Waals surface area contributed by atoms with Gasteiger partial charge in [0.1, 0.15) is 5.54 Å². The van der Waals surface area contributed by atoms with Crippen LogP contribution in [0.2, 0.25) is 0 Å². The molecule has 2 aromatic carbocycles. The predicted octanol–water partition coefficient (Wildman–Crippen LogP) is 3.36. The molecule has 0 saturated carbocycles. The van der Waals surface area contributed by atoms with Crippen molar-refractivity contribution in [3.05, 3.63) is 65.2 Å². The Labute approximate surface area is 201 Å². The molecule has 176 valence electrons. The van der Waals surface area contributed by atoms with E-state index in [1.54, 1.807) is 11.3 Å². The van der Waals surface area contributed by atoms with Gasteiger partial charge in [-0.05, 0) is 50.0 Å². The highest BCUT2D eigenvalue weighted by Gasteiger charge is 2.52. The van der Waals surface area contributed by atoms with Crippen LogP contribution >= 0.6 is 11.3 Å². The summed E-state index contributed by atoms with van der Waals surface area (Å²) in [5, 5.41) is 4.76. The Morgan fingerprint density at radius 2 is 1.82 bits per heavy atom. The van der Waals surface area contributed by atoms with E-state index in [0.29, 0.717) is 17.9 Å². The van der Waals surface area contributed by atoms with E-state index < -0.39 is 17.5 Å². The number of hydrazine groups is 1. The normalized spacial score (nSPS) is 21.7. The highest BCUT2D eigenvalue weighted by molar-refractivity contribution is 7.18. The molecule has 0 bridgehead atoms. The zero-order chi connectivity index (χ0) is 23.7. The second kappa shape index (κ2) is 9.15. The Bertz CT molecular complexity index is 1190. The molecule has 3 heterocycles. The van der Waals surface area contributed by atoms with E-state index in [2.05, 4.69) is 21.7 Å². The molecule has 2 saturated heterocycles. The standard InChI is InChI=1S/C25H27N5O3S/c1-2-25(18-8-4-3-5-9-18)23(32)30(24(33)27-25)28-21(31)16-29-14-12-17(13-15-29)22-26-19-10-6-7-11-20(19)34-22/h3-11,17H,2,12-16H2,1H3,(H,27,33)(H,28,31). The molecule has 8 nitrogen and oxygen atoms in total. The Morgan fingerprint density at radius 1 is 1.12 bits per heavy atom. The minimum Gasteiger partial charge on any atom is -0.318 e. The van der Waals surface area contributed by atoms with Gasteiger partial charge in [0, 0.05) is 5.92 Å². The molecule has 3 aromatic rings. The minimum absolute atomic E-state index is 0.133. The Hall–Kier alpha value is -3.30. The van der Waals surface area contributed by atoms with Gasteiger partial charge >= 0.3 is 6.03 Å². The summed E-state index contributed by atoms with van der Waals surface area (Å²) in [5.41, 5.74) is 3.10. The maximum atomic E-state index is 13.2. The first kappa shape index (κ1) is 22.5. The number of nitrogens with one attached hydrogen (secondary N) is 2. The fourth-order valence-corrected chi connectivity index (χ4v) is 5.94. The lowest BCUT2D eigenvalue weighted by molar-refractivity contribution is -0.140. The van der Waals surface area contributed by atoms with Crippen LogP contribution in [0.1, 0.15) is 42.7 Å². The van der Waals surface area contributed by atoms with Crippen LogP contribution in [0.5, 0.6) is 0 Å². The summed E-state index contributed by atoms with van der Waals surface area (Å²) >= 11 is 1.74. The van der Waals surface area contributed by atoms with Crippen LogP contribution in [0.15, 0.2) is 54.6 Å². The second-order valence-electron chi connectivity index (χ2n) is 8.80. The van der Waals surface area contributed by atoms with Crippen LogP contribution in [0.3, 0.4) is 0 Å². The zero-order valence-electron chi connectivity index (χ0n) is 19.0. The molecule has 0 radical (unpaired) electrons. The first-order chi connectivity index (χ1) is 16.5. The van der Waals surface area contributed by atoms with Crippen LogP contribution in [0.25, 0.3) is 10.2 Å². The summed E-state index contributed by atoms with van der Waals surface area (Å²) in [6, 6.07) is 16.7. The third-order valence-electron chi connectivity index (χ3n) is 6.74. The number of thiazole rings is 1. The largest absolute Gasteiger partial charge is 0.344 e. The van der Waals surface area contributed by atoms with Crippen molar-refractivity contribution in [1.82, 2.24) is 25.6 Å². The van der Waals surface area contributed by atoms with Crippen molar-refractivity contribution in [3.63, 3.8) is 0 Å².